The molecule has 4 amide bonds. The number of aromatic nitrogens is 2. The van der Waals surface area contributed by atoms with Crippen molar-refractivity contribution in [3.8, 4) is 0 Å². The second-order valence-electron chi connectivity index (χ2n) is 9.32. The summed E-state index contributed by atoms with van der Waals surface area (Å²) in [6, 6.07) is 10.1. The van der Waals surface area contributed by atoms with Gasteiger partial charge in [-0.2, -0.15) is 5.10 Å². The molecule has 10 nitrogen and oxygen atoms in total. The van der Waals surface area contributed by atoms with Crippen molar-refractivity contribution >= 4 is 17.8 Å². The number of piperazine rings is 1. The molecule has 10 heteroatoms. The molecule has 0 spiro atoms. The first-order chi connectivity index (χ1) is 16.3. The van der Waals surface area contributed by atoms with E-state index in [-0.39, 0.29) is 42.5 Å². The molecule has 0 aliphatic carbocycles. The summed E-state index contributed by atoms with van der Waals surface area (Å²) in [4.78, 5) is 42.4. The number of urea groups is 1. The second kappa shape index (κ2) is 10.3. The number of fused-ring (bicyclic) bond motifs is 1. The summed E-state index contributed by atoms with van der Waals surface area (Å²) in [6.45, 7) is 5.70. The Hall–Kier alpha value is -3.40. The number of rotatable bonds is 7. The van der Waals surface area contributed by atoms with Crippen LogP contribution in [0.25, 0.3) is 0 Å². The highest BCUT2D eigenvalue weighted by atomic mass is 16.2. The lowest BCUT2D eigenvalue weighted by molar-refractivity contribution is -0.144. The maximum Gasteiger partial charge on any atom is 0.315 e. The highest BCUT2D eigenvalue weighted by Gasteiger charge is 2.45. The van der Waals surface area contributed by atoms with Crippen LogP contribution in [0.15, 0.2) is 42.6 Å². The zero-order valence-electron chi connectivity index (χ0n) is 19.9. The molecular formula is C24H33N7O3. The van der Waals surface area contributed by atoms with Crippen LogP contribution in [-0.2, 0) is 18.4 Å². The van der Waals surface area contributed by atoms with Gasteiger partial charge in [0, 0.05) is 57.1 Å². The third-order valence-electron chi connectivity index (χ3n) is 6.40. The van der Waals surface area contributed by atoms with Gasteiger partial charge in [0.05, 0.1) is 11.7 Å². The van der Waals surface area contributed by atoms with E-state index in [1.807, 2.05) is 50.1 Å². The van der Waals surface area contributed by atoms with E-state index in [1.54, 1.807) is 23.0 Å². The van der Waals surface area contributed by atoms with Gasteiger partial charge in [0.15, 0.2) is 0 Å². The fraction of sp³-hybridized carbons (Fsp3) is 0.500. The van der Waals surface area contributed by atoms with Crippen LogP contribution in [0.1, 0.15) is 36.3 Å². The number of amides is 4. The summed E-state index contributed by atoms with van der Waals surface area (Å²) in [6.07, 6.45) is 2.44. The molecule has 3 heterocycles. The highest BCUT2D eigenvalue weighted by Crippen LogP contribution is 2.27. The van der Waals surface area contributed by atoms with E-state index in [2.05, 4.69) is 25.9 Å². The Bertz CT molecular complexity index is 1020. The minimum atomic E-state index is -0.498. The lowest BCUT2D eigenvalue weighted by Crippen LogP contribution is -2.62. The van der Waals surface area contributed by atoms with Crippen LogP contribution < -0.4 is 16.0 Å². The van der Waals surface area contributed by atoms with Crippen LogP contribution in [0.2, 0.25) is 0 Å². The van der Waals surface area contributed by atoms with Gasteiger partial charge in [0.2, 0.25) is 5.91 Å². The molecule has 0 saturated carbocycles. The van der Waals surface area contributed by atoms with E-state index in [1.165, 1.54) is 0 Å². The van der Waals surface area contributed by atoms with Gasteiger partial charge in [0.1, 0.15) is 6.04 Å². The largest absolute Gasteiger partial charge is 0.350 e. The number of nitrogens with zero attached hydrogens (tertiary/aromatic N) is 4. The van der Waals surface area contributed by atoms with Gasteiger partial charge in [0.25, 0.3) is 5.91 Å². The number of carbonyl (C=O) groups is 3. The van der Waals surface area contributed by atoms with Gasteiger partial charge in [-0.15, -0.1) is 0 Å². The van der Waals surface area contributed by atoms with Crippen LogP contribution >= 0.6 is 0 Å². The molecule has 2 aromatic rings. The van der Waals surface area contributed by atoms with Gasteiger partial charge in [-0.3, -0.25) is 19.2 Å². The Morgan fingerprint density at radius 3 is 2.59 bits per heavy atom. The standard InChI is InChI=1S/C24H33N7O3/c1-16(2)27-24(34)28-18-11-20-15-30(14-19-9-10-26-29(19)3)21(23(33)31(20)13-18)12-25-22(32)17-7-5-4-6-8-17/h4-10,16,18,20-21H,11-15H2,1-3H3,(H,25,32)(H2,27,28,34)/t18-,20-,21-/m0/s1. The van der Waals surface area contributed by atoms with Gasteiger partial charge in [-0.1, -0.05) is 18.2 Å². The number of hydrogen-bond acceptors (Lipinski definition) is 5. The predicted molar refractivity (Wildman–Crippen MR) is 127 cm³/mol. The molecule has 0 radical (unpaired) electrons. The third-order valence-corrected chi connectivity index (χ3v) is 6.40. The number of benzene rings is 1. The van der Waals surface area contributed by atoms with Crippen LogP contribution in [0, 0.1) is 0 Å². The van der Waals surface area contributed by atoms with E-state index >= 15 is 0 Å². The third kappa shape index (κ3) is 5.39. The van der Waals surface area contributed by atoms with Gasteiger partial charge in [-0.25, -0.2) is 4.79 Å². The van der Waals surface area contributed by atoms with Crippen molar-refractivity contribution in [1.82, 2.24) is 35.5 Å². The quantitative estimate of drug-likeness (QED) is 0.555. The average molecular weight is 468 g/mol. The Balaban J connectivity index is 1.47. The summed E-state index contributed by atoms with van der Waals surface area (Å²) in [5.74, 6) is -0.234. The van der Waals surface area contributed by atoms with Crippen molar-refractivity contribution in [3.63, 3.8) is 0 Å². The first kappa shape index (κ1) is 23.7. The smallest absolute Gasteiger partial charge is 0.315 e. The summed E-state index contributed by atoms with van der Waals surface area (Å²) in [5.41, 5.74) is 1.55. The molecule has 2 fully saturated rings. The average Bonchev–Trinajstić information content (AvgIpc) is 3.39. The summed E-state index contributed by atoms with van der Waals surface area (Å²) in [7, 11) is 1.88. The first-order valence-corrected chi connectivity index (χ1v) is 11.7. The number of carbonyl (C=O) groups excluding carboxylic acids is 3. The zero-order chi connectivity index (χ0) is 24.2. The minimum Gasteiger partial charge on any atom is -0.350 e. The molecule has 2 aliphatic heterocycles. The van der Waals surface area contributed by atoms with Gasteiger partial charge in [-0.05, 0) is 38.5 Å². The Kier molecular flexibility index (Phi) is 7.16. The molecule has 3 N–H and O–H groups in total. The van der Waals surface area contributed by atoms with E-state index in [9.17, 15) is 14.4 Å². The Morgan fingerprint density at radius 1 is 1.15 bits per heavy atom. The lowest BCUT2D eigenvalue weighted by atomic mass is 10.0. The monoisotopic (exact) mass is 467 g/mol. The van der Waals surface area contributed by atoms with E-state index in [0.717, 1.165) is 5.69 Å². The summed E-state index contributed by atoms with van der Waals surface area (Å²) in [5, 5.41) is 13.0. The van der Waals surface area contributed by atoms with Crippen molar-refractivity contribution in [2.75, 3.05) is 19.6 Å². The topological polar surface area (TPSA) is 112 Å². The Labute approximate surface area is 199 Å². The molecule has 0 unspecified atom stereocenters. The first-order valence-electron chi connectivity index (χ1n) is 11.7. The normalized spacial score (nSPS) is 22.5. The predicted octanol–water partition coefficient (Wildman–Crippen LogP) is 0.711. The molecular weight excluding hydrogens is 434 g/mol. The minimum absolute atomic E-state index is 0.00570. The SMILES string of the molecule is CC(C)NC(=O)N[C@H]1C[C@H]2CN(Cc3ccnn3C)[C@@H](CNC(=O)c3ccccc3)C(=O)N2C1. The molecule has 34 heavy (non-hydrogen) atoms. The number of nitrogens with one attached hydrogen (secondary N) is 3. The zero-order valence-corrected chi connectivity index (χ0v) is 19.9. The lowest BCUT2D eigenvalue weighted by Gasteiger charge is -2.42. The Morgan fingerprint density at radius 2 is 1.91 bits per heavy atom. The van der Waals surface area contributed by atoms with Crippen molar-refractivity contribution < 1.29 is 14.4 Å². The summed E-state index contributed by atoms with van der Waals surface area (Å²) >= 11 is 0. The molecule has 182 valence electrons. The van der Waals surface area contributed by atoms with Gasteiger partial charge >= 0.3 is 6.03 Å². The molecule has 2 saturated heterocycles. The number of hydrogen-bond donors (Lipinski definition) is 3. The molecule has 1 aromatic heterocycles. The van der Waals surface area contributed by atoms with Crippen LogP contribution in [0.4, 0.5) is 4.79 Å². The molecule has 3 atom stereocenters. The van der Waals surface area contributed by atoms with E-state index < -0.39 is 6.04 Å². The summed E-state index contributed by atoms with van der Waals surface area (Å²) < 4.78 is 1.80. The highest BCUT2D eigenvalue weighted by molar-refractivity contribution is 5.94. The van der Waals surface area contributed by atoms with Crippen molar-refractivity contribution in [3.05, 3.63) is 53.9 Å². The maximum absolute atomic E-state index is 13.6. The fourth-order valence-corrected chi connectivity index (χ4v) is 4.74. The van der Waals surface area contributed by atoms with Crippen molar-refractivity contribution in [1.29, 1.82) is 0 Å². The second-order valence-corrected chi connectivity index (χ2v) is 9.32. The van der Waals surface area contributed by atoms with Gasteiger partial charge < -0.3 is 20.9 Å². The van der Waals surface area contributed by atoms with Crippen molar-refractivity contribution in [2.45, 2.75) is 51.0 Å². The molecule has 1 aromatic carbocycles. The number of aryl methyl sites for hydroxylation is 1. The van der Waals surface area contributed by atoms with Crippen molar-refractivity contribution in [2.24, 2.45) is 7.05 Å². The van der Waals surface area contributed by atoms with Crippen LogP contribution in [-0.4, -0.2) is 81.2 Å². The maximum atomic E-state index is 13.6. The fourth-order valence-electron chi connectivity index (χ4n) is 4.74. The van der Waals surface area contributed by atoms with E-state index in [4.69, 9.17) is 0 Å². The molecule has 2 aliphatic rings. The molecule has 0 bridgehead atoms. The van der Waals surface area contributed by atoms with Crippen LogP contribution in [0.3, 0.4) is 0 Å². The van der Waals surface area contributed by atoms with Crippen LogP contribution in [0.5, 0.6) is 0 Å². The molecule has 4 rings (SSSR count). The van der Waals surface area contributed by atoms with E-state index in [0.29, 0.717) is 31.6 Å².